The van der Waals surface area contributed by atoms with Gasteiger partial charge in [-0.15, -0.1) is 0 Å². The van der Waals surface area contributed by atoms with E-state index in [0.717, 1.165) is 12.0 Å². The van der Waals surface area contributed by atoms with Crippen molar-refractivity contribution in [2.75, 3.05) is 13.2 Å². The minimum atomic E-state index is -3.68. The molecule has 1 aliphatic rings. The lowest BCUT2D eigenvalue weighted by Crippen LogP contribution is -2.26. The molecule has 1 heterocycles. The first-order valence-electron chi connectivity index (χ1n) is 7.63. The largest absolute Gasteiger partial charge is 0.490 e. The van der Waals surface area contributed by atoms with E-state index in [0.29, 0.717) is 29.7 Å². The van der Waals surface area contributed by atoms with Gasteiger partial charge in [-0.25, -0.2) is 13.1 Å². The Hall–Kier alpha value is -1.76. The standard InChI is InChI=1S/C17H18ClNO4S/c1-12(13-3-5-14(18)6-4-13)19-24(20,21)15-7-8-16-17(11-15)23-10-2-9-22-16/h3-8,11-12,19H,2,9-10H2,1H3. The quantitative estimate of drug-likeness (QED) is 0.897. The van der Waals surface area contributed by atoms with Crippen LogP contribution in [0.4, 0.5) is 0 Å². The minimum absolute atomic E-state index is 0.146. The van der Waals surface area contributed by atoms with E-state index >= 15 is 0 Å². The number of hydrogen-bond donors (Lipinski definition) is 1. The van der Waals surface area contributed by atoms with Crippen LogP contribution < -0.4 is 14.2 Å². The monoisotopic (exact) mass is 367 g/mol. The van der Waals surface area contributed by atoms with E-state index < -0.39 is 10.0 Å². The summed E-state index contributed by atoms with van der Waals surface area (Å²) in [5, 5.41) is 0.608. The zero-order chi connectivity index (χ0) is 17.2. The van der Waals surface area contributed by atoms with Gasteiger partial charge in [0, 0.05) is 23.6 Å². The van der Waals surface area contributed by atoms with Crippen molar-refractivity contribution in [1.82, 2.24) is 4.72 Å². The van der Waals surface area contributed by atoms with Crippen LogP contribution in [0.1, 0.15) is 24.9 Å². The van der Waals surface area contributed by atoms with Crippen molar-refractivity contribution in [3.05, 3.63) is 53.1 Å². The molecule has 24 heavy (non-hydrogen) atoms. The van der Waals surface area contributed by atoms with Crippen LogP contribution in [0.2, 0.25) is 5.02 Å². The van der Waals surface area contributed by atoms with Gasteiger partial charge in [-0.3, -0.25) is 0 Å². The molecule has 7 heteroatoms. The Balaban J connectivity index is 1.82. The SMILES string of the molecule is CC(NS(=O)(=O)c1ccc2c(c1)OCCCO2)c1ccc(Cl)cc1. The highest BCUT2D eigenvalue weighted by molar-refractivity contribution is 7.89. The van der Waals surface area contributed by atoms with Gasteiger partial charge in [-0.05, 0) is 36.8 Å². The molecular formula is C17H18ClNO4S. The van der Waals surface area contributed by atoms with Gasteiger partial charge in [0.05, 0.1) is 18.1 Å². The molecule has 0 fully saturated rings. The second kappa shape index (κ2) is 7.01. The summed E-state index contributed by atoms with van der Waals surface area (Å²) in [7, 11) is -3.68. The van der Waals surface area contributed by atoms with Crippen molar-refractivity contribution >= 4 is 21.6 Å². The predicted octanol–water partition coefficient (Wildman–Crippen LogP) is 3.54. The Bertz CT molecular complexity index is 821. The smallest absolute Gasteiger partial charge is 0.241 e. The number of rotatable bonds is 4. The number of benzene rings is 2. The fourth-order valence-corrected chi connectivity index (χ4v) is 3.80. The maximum atomic E-state index is 12.6. The highest BCUT2D eigenvalue weighted by atomic mass is 35.5. The Morgan fingerprint density at radius 2 is 1.71 bits per heavy atom. The third kappa shape index (κ3) is 3.83. The van der Waals surface area contributed by atoms with Crippen molar-refractivity contribution in [1.29, 1.82) is 0 Å². The molecule has 0 aromatic heterocycles. The summed E-state index contributed by atoms with van der Waals surface area (Å²) >= 11 is 5.86. The maximum absolute atomic E-state index is 12.6. The molecule has 2 aromatic carbocycles. The van der Waals surface area contributed by atoms with Gasteiger partial charge >= 0.3 is 0 Å². The number of fused-ring (bicyclic) bond motifs is 1. The van der Waals surface area contributed by atoms with E-state index in [1.54, 1.807) is 37.3 Å². The van der Waals surface area contributed by atoms with Gasteiger partial charge in [-0.2, -0.15) is 0 Å². The second-order valence-electron chi connectivity index (χ2n) is 5.55. The molecule has 1 N–H and O–H groups in total. The van der Waals surface area contributed by atoms with Crippen molar-refractivity contribution in [2.24, 2.45) is 0 Å². The van der Waals surface area contributed by atoms with Crippen molar-refractivity contribution in [3.63, 3.8) is 0 Å². The van der Waals surface area contributed by atoms with Crippen molar-refractivity contribution in [2.45, 2.75) is 24.3 Å². The molecule has 0 bridgehead atoms. The lowest BCUT2D eigenvalue weighted by atomic mass is 10.1. The van der Waals surface area contributed by atoms with Crippen LogP contribution in [0.3, 0.4) is 0 Å². The third-order valence-corrected chi connectivity index (χ3v) is 5.52. The average molecular weight is 368 g/mol. The maximum Gasteiger partial charge on any atom is 0.241 e. The van der Waals surface area contributed by atoms with Gasteiger partial charge in [0.25, 0.3) is 0 Å². The van der Waals surface area contributed by atoms with Gasteiger partial charge in [0.1, 0.15) is 0 Å². The Kier molecular flexibility index (Phi) is 4.99. The highest BCUT2D eigenvalue weighted by Gasteiger charge is 2.21. The zero-order valence-corrected chi connectivity index (χ0v) is 14.7. The summed E-state index contributed by atoms with van der Waals surface area (Å²) in [4.78, 5) is 0.146. The fraction of sp³-hybridized carbons (Fsp3) is 0.294. The molecule has 1 unspecified atom stereocenters. The first kappa shape index (κ1) is 17.1. The molecule has 0 saturated heterocycles. The predicted molar refractivity (Wildman–Crippen MR) is 92.2 cm³/mol. The van der Waals surface area contributed by atoms with E-state index in [2.05, 4.69) is 4.72 Å². The Labute approximate surface area is 146 Å². The molecule has 0 amide bonds. The molecule has 0 aliphatic carbocycles. The van der Waals surface area contributed by atoms with Crippen molar-refractivity contribution < 1.29 is 17.9 Å². The second-order valence-corrected chi connectivity index (χ2v) is 7.70. The van der Waals surface area contributed by atoms with Crippen LogP contribution in [0.15, 0.2) is 47.4 Å². The van der Waals surface area contributed by atoms with Crippen LogP contribution >= 0.6 is 11.6 Å². The molecule has 0 saturated carbocycles. The first-order valence-corrected chi connectivity index (χ1v) is 9.49. The number of ether oxygens (including phenoxy) is 2. The van der Waals surface area contributed by atoms with E-state index in [1.807, 2.05) is 0 Å². The fourth-order valence-electron chi connectivity index (χ4n) is 2.43. The molecule has 2 aromatic rings. The Morgan fingerprint density at radius 3 is 2.42 bits per heavy atom. The zero-order valence-electron chi connectivity index (χ0n) is 13.2. The van der Waals surface area contributed by atoms with Gasteiger partial charge in [0.15, 0.2) is 11.5 Å². The molecule has 0 spiro atoms. The summed E-state index contributed by atoms with van der Waals surface area (Å²) in [6, 6.07) is 11.3. The average Bonchev–Trinajstić information content (AvgIpc) is 2.79. The summed E-state index contributed by atoms with van der Waals surface area (Å²) in [6.45, 7) is 2.85. The van der Waals surface area contributed by atoms with Crippen molar-refractivity contribution in [3.8, 4) is 11.5 Å². The lowest BCUT2D eigenvalue weighted by molar-refractivity contribution is 0.297. The summed E-state index contributed by atoms with van der Waals surface area (Å²) in [6.07, 6.45) is 0.766. The summed E-state index contributed by atoms with van der Waals surface area (Å²) < 4.78 is 39.0. The molecule has 1 atom stereocenters. The van der Waals surface area contributed by atoms with E-state index in [-0.39, 0.29) is 10.9 Å². The molecule has 128 valence electrons. The van der Waals surface area contributed by atoms with Gasteiger partial charge in [-0.1, -0.05) is 23.7 Å². The molecule has 0 radical (unpaired) electrons. The van der Waals surface area contributed by atoms with Crippen LogP contribution in [0.25, 0.3) is 0 Å². The first-order chi connectivity index (χ1) is 11.5. The number of sulfonamides is 1. The van der Waals surface area contributed by atoms with Crippen LogP contribution in [-0.4, -0.2) is 21.6 Å². The van der Waals surface area contributed by atoms with Crippen LogP contribution in [0.5, 0.6) is 11.5 Å². The third-order valence-electron chi connectivity index (χ3n) is 3.73. The molecule has 3 rings (SSSR count). The van der Waals surface area contributed by atoms with E-state index in [1.165, 1.54) is 12.1 Å². The highest BCUT2D eigenvalue weighted by Crippen LogP contribution is 2.32. The summed E-state index contributed by atoms with van der Waals surface area (Å²) in [5.41, 5.74) is 0.831. The Morgan fingerprint density at radius 1 is 1.04 bits per heavy atom. The van der Waals surface area contributed by atoms with Gasteiger partial charge < -0.3 is 9.47 Å². The number of hydrogen-bond acceptors (Lipinski definition) is 4. The van der Waals surface area contributed by atoms with E-state index in [9.17, 15) is 8.42 Å². The molecule has 5 nitrogen and oxygen atoms in total. The minimum Gasteiger partial charge on any atom is -0.490 e. The normalized spacial score (nSPS) is 15.6. The van der Waals surface area contributed by atoms with E-state index in [4.69, 9.17) is 21.1 Å². The number of nitrogens with one attached hydrogen (secondary N) is 1. The number of halogens is 1. The molecule has 1 aliphatic heterocycles. The summed E-state index contributed by atoms with van der Waals surface area (Å²) in [5.74, 6) is 1.02. The topological polar surface area (TPSA) is 64.6 Å². The van der Waals surface area contributed by atoms with Crippen LogP contribution in [0, 0.1) is 0 Å². The van der Waals surface area contributed by atoms with Gasteiger partial charge in [0.2, 0.25) is 10.0 Å². The lowest BCUT2D eigenvalue weighted by Gasteiger charge is -2.16. The molecular weight excluding hydrogens is 350 g/mol. The van der Waals surface area contributed by atoms with Crippen LogP contribution in [-0.2, 0) is 10.0 Å².